The van der Waals surface area contributed by atoms with Crippen molar-refractivity contribution in [2.75, 3.05) is 18.6 Å². The molecule has 2 aromatic rings. The molecule has 8 nitrogen and oxygen atoms in total. The Kier molecular flexibility index (Phi) is 5.69. The summed E-state index contributed by atoms with van der Waals surface area (Å²) in [6, 6.07) is 12.7. The standard InChI is InChI=1S/C20H19N3O5/c1-28-18-9-7-16(8-10-18)22-13-15(12-20(22)25)21-19(24)11-4-14-2-5-17(6-3-14)23(26)27/h2-11,15H,12-13H2,1H3,(H,21,24)/b11-4-. The van der Waals surface area contributed by atoms with E-state index in [1.54, 1.807) is 54.5 Å². The molecular weight excluding hydrogens is 362 g/mol. The van der Waals surface area contributed by atoms with Gasteiger partial charge in [-0.15, -0.1) is 0 Å². The van der Waals surface area contributed by atoms with Crippen LogP contribution in [-0.4, -0.2) is 36.4 Å². The van der Waals surface area contributed by atoms with E-state index in [2.05, 4.69) is 5.32 Å². The Labute approximate surface area is 161 Å². The highest BCUT2D eigenvalue weighted by Gasteiger charge is 2.31. The van der Waals surface area contributed by atoms with Crippen LogP contribution in [0.1, 0.15) is 12.0 Å². The second-order valence-corrected chi connectivity index (χ2v) is 6.29. The van der Waals surface area contributed by atoms with Crippen molar-refractivity contribution in [3.63, 3.8) is 0 Å². The summed E-state index contributed by atoms with van der Waals surface area (Å²) in [6.07, 6.45) is 3.14. The van der Waals surface area contributed by atoms with Crippen molar-refractivity contribution in [2.45, 2.75) is 12.5 Å². The summed E-state index contributed by atoms with van der Waals surface area (Å²) in [5, 5.41) is 13.5. The summed E-state index contributed by atoms with van der Waals surface area (Å²) in [4.78, 5) is 36.2. The second kappa shape index (κ2) is 8.34. The molecule has 0 spiro atoms. The summed E-state index contributed by atoms with van der Waals surface area (Å²) >= 11 is 0. The van der Waals surface area contributed by atoms with Gasteiger partial charge in [0.15, 0.2) is 0 Å². The molecule has 0 radical (unpaired) electrons. The van der Waals surface area contributed by atoms with Gasteiger partial charge in [0.05, 0.1) is 18.1 Å². The average Bonchev–Trinajstić information content (AvgIpc) is 3.06. The number of methoxy groups -OCH3 is 1. The second-order valence-electron chi connectivity index (χ2n) is 6.29. The predicted octanol–water partition coefficient (Wildman–Crippen LogP) is 2.54. The number of anilines is 1. The molecular formula is C20H19N3O5. The van der Waals surface area contributed by atoms with Gasteiger partial charge >= 0.3 is 0 Å². The van der Waals surface area contributed by atoms with Crippen molar-refractivity contribution in [2.24, 2.45) is 0 Å². The third-order valence-electron chi connectivity index (χ3n) is 4.39. The zero-order valence-electron chi connectivity index (χ0n) is 15.2. The maximum atomic E-state index is 12.3. The van der Waals surface area contributed by atoms with Crippen LogP contribution in [0.25, 0.3) is 6.08 Å². The fraction of sp³-hybridized carbons (Fsp3) is 0.200. The van der Waals surface area contributed by atoms with Gasteiger partial charge in [0.25, 0.3) is 5.69 Å². The molecule has 1 aliphatic heterocycles. The normalized spacial score (nSPS) is 16.4. The maximum absolute atomic E-state index is 12.3. The molecule has 0 bridgehead atoms. The number of hydrogen-bond donors (Lipinski definition) is 1. The van der Waals surface area contributed by atoms with Crippen molar-refractivity contribution in [3.05, 3.63) is 70.3 Å². The van der Waals surface area contributed by atoms with Crippen LogP contribution in [0.15, 0.2) is 54.6 Å². The summed E-state index contributed by atoms with van der Waals surface area (Å²) < 4.78 is 5.11. The minimum absolute atomic E-state index is 0.00954. The molecule has 0 aromatic heterocycles. The Morgan fingerprint density at radius 2 is 1.89 bits per heavy atom. The number of amides is 2. The summed E-state index contributed by atoms with van der Waals surface area (Å²) in [5.41, 5.74) is 1.41. The van der Waals surface area contributed by atoms with Crippen LogP contribution >= 0.6 is 0 Å². The number of ether oxygens (including phenoxy) is 1. The van der Waals surface area contributed by atoms with E-state index >= 15 is 0 Å². The zero-order valence-corrected chi connectivity index (χ0v) is 15.2. The number of benzene rings is 2. The minimum atomic E-state index is -0.480. The first kappa shape index (κ1) is 19.1. The molecule has 1 aliphatic rings. The molecule has 0 saturated carbocycles. The molecule has 1 saturated heterocycles. The highest BCUT2D eigenvalue weighted by molar-refractivity contribution is 5.98. The number of rotatable bonds is 6. The van der Waals surface area contributed by atoms with Crippen molar-refractivity contribution in [1.82, 2.24) is 5.32 Å². The van der Waals surface area contributed by atoms with Crippen LogP contribution in [0.5, 0.6) is 5.75 Å². The molecule has 1 heterocycles. The van der Waals surface area contributed by atoms with Crippen molar-refractivity contribution in [1.29, 1.82) is 0 Å². The fourth-order valence-corrected chi connectivity index (χ4v) is 2.94. The summed E-state index contributed by atoms with van der Waals surface area (Å²) in [6.45, 7) is 0.391. The zero-order chi connectivity index (χ0) is 20.1. The molecule has 8 heteroatoms. The Bertz CT molecular complexity index is 906. The van der Waals surface area contributed by atoms with Gasteiger partial charge in [-0.1, -0.05) is 0 Å². The van der Waals surface area contributed by atoms with Crippen LogP contribution in [0.2, 0.25) is 0 Å². The molecule has 1 unspecified atom stereocenters. The first-order valence-corrected chi connectivity index (χ1v) is 8.63. The SMILES string of the molecule is COc1ccc(N2CC(NC(=O)/C=C\c3ccc([N+](=O)[O-])cc3)CC2=O)cc1. The van der Waals surface area contributed by atoms with E-state index in [-0.39, 0.29) is 30.0 Å². The lowest BCUT2D eigenvalue weighted by molar-refractivity contribution is -0.384. The number of non-ortho nitro benzene ring substituents is 1. The fourth-order valence-electron chi connectivity index (χ4n) is 2.94. The largest absolute Gasteiger partial charge is 0.497 e. The number of hydrogen-bond acceptors (Lipinski definition) is 5. The molecule has 144 valence electrons. The van der Waals surface area contributed by atoms with Crippen LogP contribution in [0.4, 0.5) is 11.4 Å². The minimum Gasteiger partial charge on any atom is -0.497 e. The van der Waals surface area contributed by atoms with E-state index in [1.165, 1.54) is 18.2 Å². The monoisotopic (exact) mass is 381 g/mol. The smallest absolute Gasteiger partial charge is 0.269 e. The van der Waals surface area contributed by atoms with E-state index in [0.717, 1.165) is 5.69 Å². The molecule has 1 atom stereocenters. The third kappa shape index (κ3) is 4.53. The average molecular weight is 381 g/mol. The summed E-state index contributed by atoms with van der Waals surface area (Å²) in [5.74, 6) is 0.319. The molecule has 28 heavy (non-hydrogen) atoms. The van der Waals surface area contributed by atoms with Crippen LogP contribution in [-0.2, 0) is 9.59 Å². The molecule has 3 rings (SSSR count). The first-order chi connectivity index (χ1) is 13.5. The van der Waals surface area contributed by atoms with Crippen LogP contribution < -0.4 is 15.0 Å². The lowest BCUT2D eigenvalue weighted by Gasteiger charge is -2.17. The van der Waals surface area contributed by atoms with Crippen LogP contribution in [0.3, 0.4) is 0 Å². The Morgan fingerprint density at radius 1 is 1.21 bits per heavy atom. The number of nitrogens with one attached hydrogen (secondary N) is 1. The third-order valence-corrected chi connectivity index (χ3v) is 4.39. The predicted molar refractivity (Wildman–Crippen MR) is 104 cm³/mol. The quantitative estimate of drug-likeness (QED) is 0.471. The van der Waals surface area contributed by atoms with Gasteiger partial charge in [-0.05, 0) is 48.0 Å². The number of carbonyl (C=O) groups is 2. The van der Waals surface area contributed by atoms with E-state index in [1.807, 2.05) is 0 Å². The van der Waals surface area contributed by atoms with Crippen molar-refractivity contribution < 1.29 is 19.2 Å². The van der Waals surface area contributed by atoms with Gasteiger partial charge in [0.2, 0.25) is 11.8 Å². The van der Waals surface area contributed by atoms with Gasteiger partial charge < -0.3 is 15.0 Å². The highest BCUT2D eigenvalue weighted by Crippen LogP contribution is 2.24. The number of nitrogens with zero attached hydrogens (tertiary/aromatic N) is 2. The van der Waals surface area contributed by atoms with Crippen molar-refractivity contribution >= 4 is 29.3 Å². The molecule has 0 aliphatic carbocycles. The Balaban J connectivity index is 1.57. The molecule has 1 fully saturated rings. The van der Waals surface area contributed by atoms with Crippen LogP contribution in [0, 0.1) is 10.1 Å². The highest BCUT2D eigenvalue weighted by atomic mass is 16.6. The Hall–Kier alpha value is -3.68. The van der Waals surface area contributed by atoms with Crippen molar-refractivity contribution in [3.8, 4) is 5.75 Å². The van der Waals surface area contributed by atoms with E-state index < -0.39 is 4.92 Å². The first-order valence-electron chi connectivity index (χ1n) is 8.63. The molecule has 2 amide bonds. The van der Waals surface area contributed by atoms with Gasteiger partial charge in [0, 0.05) is 36.9 Å². The van der Waals surface area contributed by atoms with E-state index in [9.17, 15) is 19.7 Å². The molecule has 1 N–H and O–H groups in total. The molecule has 2 aromatic carbocycles. The van der Waals surface area contributed by atoms with Gasteiger partial charge in [0.1, 0.15) is 5.75 Å². The van der Waals surface area contributed by atoms with Gasteiger partial charge in [-0.3, -0.25) is 19.7 Å². The maximum Gasteiger partial charge on any atom is 0.269 e. The van der Waals surface area contributed by atoms with Gasteiger partial charge in [-0.25, -0.2) is 0 Å². The number of carbonyl (C=O) groups excluding carboxylic acids is 2. The van der Waals surface area contributed by atoms with E-state index in [0.29, 0.717) is 17.9 Å². The topological polar surface area (TPSA) is 102 Å². The lowest BCUT2D eigenvalue weighted by atomic mass is 10.2. The van der Waals surface area contributed by atoms with Gasteiger partial charge in [-0.2, -0.15) is 0 Å². The summed E-state index contributed by atoms with van der Waals surface area (Å²) in [7, 11) is 1.58. The lowest BCUT2D eigenvalue weighted by Crippen LogP contribution is -2.36. The Morgan fingerprint density at radius 3 is 2.50 bits per heavy atom. The van der Waals surface area contributed by atoms with E-state index in [4.69, 9.17) is 4.74 Å². The number of nitro benzene ring substituents is 1. The number of nitro groups is 1.